The molecule has 0 spiro atoms. The highest BCUT2D eigenvalue weighted by atomic mass is 16.5. The standard InChI is InChI=1S/C30H39N9O2/c1-19(2)25-16-26(36-41-25)35-30(40)34-21-6-4-20(5-7-21)24-17-39(29-27(24)28(31)32-18-33-29)23-10-8-22(9-11-23)38-14-12-37(3)13-15-38/h4-7,16-19,22-23H,8-15H2,1-3H3,(H2,31,32,33)(H2,34,35,36,40)/t22-,23-. The molecule has 0 atom stereocenters. The topological polar surface area (TPSA) is 130 Å². The Labute approximate surface area is 240 Å². The third-order valence-corrected chi connectivity index (χ3v) is 8.55. The zero-order valence-electron chi connectivity index (χ0n) is 24.0. The largest absolute Gasteiger partial charge is 0.383 e. The number of benzene rings is 1. The molecular formula is C30H39N9O2. The van der Waals surface area contributed by atoms with Crippen molar-refractivity contribution in [2.24, 2.45) is 0 Å². The molecule has 4 N–H and O–H groups in total. The van der Waals surface area contributed by atoms with Crippen molar-refractivity contribution < 1.29 is 9.32 Å². The molecule has 1 aliphatic carbocycles. The summed E-state index contributed by atoms with van der Waals surface area (Å²) in [7, 11) is 2.21. The Kier molecular flexibility index (Phi) is 7.63. The van der Waals surface area contributed by atoms with Crippen LogP contribution in [0.15, 0.2) is 47.4 Å². The lowest BCUT2D eigenvalue weighted by atomic mass is 9.89. The van der Waals surface area contributed by atoms with Crippen molar-refractivity contribution >= 4 is 34.4 Å². The van der Waals surface area contributed by atoms with Crippen LogP contribution in [0.4, 0.5) is 22.1 Å². The fourth-order valence-electron chi connectivity index (χ4n) is 6.13. The van der Waals surface area contributed by atoms with E-state index in [1.54, 1.807) is 12.4 Å². The molecule has 2 aliphatic rings. The minimum atomic E-state index is -0.386. The lowest BCUT2D eigenvalue weighted by Crippen LogP contribution is -2.49. The molecule has 0 bridgehead atoms. The molecule has 1 saturated heterocycles. The van der Waals surface area contributed by atoms with Gasteiger partial charge in [0.25, 0.3) is 0 Å². The average molecular weight is 558 g/mol. The Morgan fingerprint density at radius 3 is 2.39 bits per heavy atom. The summed E-state index contributed by atoms with van der Waals surface area (Å²) in [6.07, 6.45) is 8.36. The molecule has 41 heavy (non-hydrogen) atoms. The summed E-state index contributed by atoms with van der Waals surface area (Å²) < 4.78 is 7.56. The summed E-state index contributed by atoms with van der Waals surface area (Å²) in [5, 5.41) is 10.3. The Bertz CT molecular complexity index is 1490. The number of amides is 2. The Hall–Kier alpha value is -3.96. The molecular weight excluding hydrogens is 518 g/mol. The lowest BCUT2D eigenvalue weighted by Gasteiger charge is -2.41. The van der Waals surface area contributed by atoms with Crippen molar-refractivity contribution in [2.45, 2.75) is 57.5 Å². The van der Waals surface area contributed by atoms with Crippen LogP contribution >= 0.6 is 0 Å². The first-order valence-electron chi connectivity index (χ1n) is 14.5. The van der Waals surface area contributed by atoms with E-state index in [0.717, 1.165) is 66.9 Å². The van der Waals surface area contributed by atoms with Crippen LogP contribution in [0.25, 0.3) is 22.2 Å². The molecule has 2 fully saturated rings. The summed E-state index contributed by atoms with van der Waals surface area (Å²) in [5.41, 5.74) is 9.94. The van der Waals surface area contributed by atoms with Crippen molar-refractivity contribution in [3.8, 4) is 11.1 Å². The van der Waals surface area contributed by atoms with Gasteiger partial charge < -0.3 is 25.0 Å². The number of nitrogens with zero attached hydrogens (tertiary/aromatic N) is 6. The van der Waals surface area contributed by atoms with Gasteiger partial charge in [-0.1, -0.05) is 31.1 Å². The molecule has 3 aromatic heterocycles. The van der Waals surface area contributed by atoms with Gasteiger partial charge in [-0.15, -0.1) is 0 Å². The molecule has 1 aromatic carbocycles. The number of anilines is 3. The molecule has 11 nitrogen and oxygen atoms in total. The number of carbonyl (C=O) groups is 1. The molecule has 6 rings (SSSR count). The maximum absolute atomic E-state index is 12.5. The van der Waals surface area contributed by atoms with Gasteiger partial charge in [-0.05, 0) is 50.4 Å². The first-order chi connectivity index (χ1) is 19.9. The van der Waals surface area contributed by atoms with Gasteiger partial charge >= 0.3 is 6.03 Å². The second-order valence-electron chi connectivity index (χ2n) is 11.6. The smallest absolute Gasteiger partial charge is 0.324 e. The molecule has 0 unspecified atom stereocenters. The van der Waals surface area contributed by atoms with Gasteiger partial charge in [-0.2, -0.15) is 0 Å². The number of fused-ring (bicyclic) bond motifs is 1. The molecule has 2 amide bonds. The molecule has 11 heteroatoms. The van der Waals surface area contributed by atoms with E-state index in [4.69, 9.17) is 10.3 Å². The molecule has 1 saturated carbocycles. The Morgan fingerprint density at radius 1 is 1.00 bits per heavy atom. The Balaban J connectivity index is 1.16. The van der Waals surface area contributed by atoms with Crippen molar-refractivity contribution in [3.63, 3.8) is 0 Å². The number of piperazine rings is 1. The highest BCUT2D eigenvalue weighted by Crippen LogP contribution is 2.39. The van der Waals surface area contributed by atoms with Crippen LogP contribution in [-0.2, 0) is 0 Å². The lowest BCUT2D eigenvalue weighted by molar-refractivity contribution is 0.0828. The fourth-order valence-corrected chi connectivity index (χ4v) is 6.13. The van der Waals surface area contributed by atoms with Crippen molar-refractivity contribution in [1.82, 2.24) is 29.5 Å². The van der Waals surface area contributed by atoms with Crippen LogP contribution in [-0.4, -0.2) is 74.8 Å². The van der Waals surface area contributed by atoms with E-state index in [2.05, 4.69) is 53.4 Å². The van der Waals surface area contributed by atoms with E-state index >= 15 is 0 Å². The summed E-state index contributed by atoms with van der Waals surface area (Å²) in [5.74, 6) is 1.76. The minimum Gasteiger partial charge on any atom is -0.383 e. The molecule has 0 radical (unpaired) electrons. The van der Waals surface area contributed by atoms with E-state index in [0.29, 0.717) is 29.4 Å². The second-order valence-corrected chi connectivity index (χ2v) is 11.6. The van der Waals surface area contributed by atoms with E-state index in [1.165, 1.54) is 12.8 Å². The van der Waals surface area contributed by atoms with E-state index in [9.17, 15) is 4.79 Å². The number of carbonyl (C=O) groups excluding carboxylic acids is 1. The third-order valence-electron chi connectivity index (χ3n) is 8.55. The summed E-state index contributed by atoms with van der Waals surface area (Å²) in [6, 6.07) is 10.1. The number of nitrogen functional groups attached to an aromatic ring is 1. The van der Waals surface area contributed by atoms with E-state index < -0.39 is 0 Å². The number of hydrogen-bond acceptors (Lipinski definition) is 8. The van der Waals surface area contributed by atoms with Gasteiger partial charge in [-0.3, -0.25) is 10.2 Å². The van der Waals surface area contributed by atoms with Gasteiger partial charge in [0, 0.05) is 67.7 Å². The number of nitrogens with one attached hydrogen (secondary N) is 2. The van der Waals surface area contributed by atoms with Gasteiger partial charge in [0.2, 0.25) is 0 Å². The minimum absolute atomic E-state index is 0.191. The van der Waals surface area contributed by atoms with Gasteiger partial charge in [0.15, 0.2) is 5.82 Å². The summed E-state index contributed by atoms with van der Waals surface area (Å²) in [6.45, 7) is 8.64. The van der Waals surface area contributed by atoms with Crippen LogP contribution in [0.3, 0.4) is 0 Å². The molecule has 216 valence electrons. The summed E-state index contributed by atoms with van der Waals surface area (Å²) in [4.78, 5) is 26.6. The number of rotatable bonds is 6. The van der Waals surface area contributed by atoms with Crippen molar-refractivity contribution in [3.05, 3.63) is 48.6 Å². The first kappa shape index (κ1) is 27.2. The Morgan fingerprint density at radius 2 is 1.71 bits per heavy atom. The summed E-state index contributed by atoms with van der Waals surface area (Å²) >= 11 is 0. The van der Waals surface area contributed by atoms with Crippen LogP contribution < -0.4 is 16.4 Å². The third kappa shape index (κ3) is 5.77. The highest BCUT2D eigenvalue weighted by Gasteiger charge is 2.30. The normalized spacial score (nSPS) is 20.5. The maximum atomic E-state index is 12.5. The van der Waals surface area contributed by atoms with Gasteiger partial charge in [0.1, 0.15) is 23.6 Å². The number of nitrogens with two attached hydrogens (primary N) is 1. The number of aromatic nitrogens is 4. The van der Waals surface area contributed by atoms with Gasteiger partial charge in [-0.25, -0.2) is 14.8 Å². The van der Waals surface area contributed by atoms with Crippen LogP contribution in [0.1, 0.15) is 57.3 Å². The average Bonchev–Trinajstić information content (AvgIpc) is 3.60. The van der Waals surface area contributed by atoms with Crippen LogP contribution in [0, 0.1) is 0 Å². The van der Waals surface area contributed by atoms with Crippen LogP contribution in [0.5, 0.6) is 0 Å². The quantitative estimate of drug-likeness (QED) is 0.296. The predicted molar refractivity (Wildman–Crippen MR) is 161 cm³/mol. The monoisotopic (exact) mass is 557 g/mol. The van der Waals surface area contributed by atoms with Crippen molar-refractivity contribution in [2.75, 3.05) is 49.6 Å². The first-order valence-corrected chi connectivity index (χ1v) is 14.5. The van der Waals surface area contributed by atoms with Gasteiger partial charge in [0.05, 0.1) is 5.39 Å². The number of urea groups is 1. The second kappa shape index (κ2) is 11.5. The zero-order valence-corrected chi connectivity index (χ0v) is 24.0. The van der Waals surface area contributed by atoms with Crippen LogP contribution in [0.2, 0.25) is 0 Å². The fraction of sp³-hybridized carbons (Fsp3) is 0.467. The molecule has 4 heterocycles. The predicted octanol–water partition coefficient (Wildman–Crippen LogP) is 5.17. The molecule has 4 aromatic rings. The zero-order chi connectivity index (χ0) is 28.5. The number of hydrogen-bond donors (Lipinski definition) is 3. The maximum Gasteiger partial charge on any atom is 0.324 e. The van der Waals surface area contributed by atoms with E-state index in [1.807, 2.05) is 38.1 Å². The highest BCUT2D eigenvalue weighted by molar-refractivity contribution is 6.02. The van der Waals surface area contributed by atoms with E-state index in [-0.39, 0.29) is 11.9 Å². The molecule has 1 aliphatic heterocycles. The van der Waals surface area contributed by atoms with Crippen molar-refractivity contribution in [1.29, 1.82) is 0 Å². The number of likely N-dealkylation sites (N-methyl/N-ethyl adjacent to an activating group) is 1. The SMILES string of the molecule is CC(C)c1cc(NC(=O)Nc2ccc(-c3cn([C@H]4CC[C@H](N5CCN(C)CC5)CC4)c4ncnc(N)c34)cc2)no1.